The fourth-order valence-electron chi connectivity index (χ4n) is 2.04. The predicted octanol–water partition coefficient (Wildman–Crippen LogP) is 4.10. The first-order valence-corrected chi connectivity index (χ1v) is 7.65. The molecule has 0 aliphatic carbocycles. The van der Waals surface area contributed by atoms with Gasteiger partial charge in [0.25, 0.3) is 0 Å². The molecule has 0 saturated heterocycles. The standard InChI is InChI=1S/C15H13ClN4S/c1-10-19-20-15(21-10)18-14(13-7-2-3-8-17-13)11-5-4-6-12(16)9-11/h2-9,14H,1H3,(H,18,20). The summed E-state index contributed by atoms with van der Waals surface area (Å²) in [5, 5.41) is 13.9. The first kappa shape index (κ1) is 14.0. The van der Waals surface area contributed by atoms with Crippen molar-refractivity contribution in [1.29, 1.82) is 0 Å². The van der Waals surface area contributed by atoms with Crippen molar-refractivity contribution in [2.45, 2.75) is 13.0 Å². The molecule has 0 bridgehead atoms. The van der Waals surface area contributed by atoms with Gasteiger partial charge in [-0.05, 0) is 36.8 Å². The van der Waals surface area contributed by atoms with Crippen molar-refractivity contribution in [3.63, 3.8) is 0 Å². The van der Waals surface area contributed by atoms with Gasteiger partial charge >= 0.3 is 0 Å². The van der Waals surface area contributed by atoms with Crippen LogP contribution < -0.4 is 5.32 Å². The van der Waals surface area contributed by atoms with Crippen molar-refractivity contribution in [3.05, 3.63) is 69.9 Å². The van der Waals surface area contributed by atoms with E-state index in [1.165, 1.54) is 11.3 Å². The summed E-state index contributed by atoms with van der Waals surface area (Å²) < 4.78 is 0. The highest BCUT2D eigenvalue weighted by atomic mass is 35.5. The quantitative estimate of drug-likeness (QED) is 0.787. The van der Waals surface area contributed by atoms with Gasteiger partial charge < -0.3 is 5.32 Å². The molecule has 0 aliphatic rings. The van der Waals surface area contributed by atoms with Gasteiger partial charge in [0, 0.05) is 11.2 Å². The minimum atomic E-state index is -0.114. The smallest absolute Gasteiger partial charge is 0.206 e. The number of pyridine rings is 1. The molecule has 6 heteroatoms. The number of rotatable bonds is 4. The summed E-state index contributed by atoms with van der Waals surface area (Å²) in [6.07, 6.45) is 1.78. The van der Waals surface area contributed by atoms with Crippen LogP contribution in [0.2, 0.25) is 5.02 Å². The predicted molar refractivity (Wildman–Crippen MR) is 85.8 cm³/mol. The lowest BCUT2D eigenvalue weighted by Crippen LogP contribution is -2.13. The van der Waals surface area contributed by atoms with Crippen LogP contribution in [0.15, 0.2) is 48.7 Å². The van der Waals surface area contributed by atoms with Gasteiger partial charge in [-0.15, -0.1) is 10.2 Å². The average molecular weight is 317 g/mol. The molecule has 2 heterocycles. The van der Waals surface area contributed by atoms with E-state index in [4.69, 9.17) is 11.6 Å². The number of hydrogen-bond donors (Lipinski definition) is 1. The number of halogens is 1. The van der Waals surface area contributed by atoms with E-state index in [1.807, 2.05) is 49.4 Å². The zero-order chi connectivity index (χ0) is 14.7. The van der Waals surface area contributed by atoms with Gasteiger partial charge in [-0.25, -0.2) is 0 Å². The number of aryl methyl sites for hydroxylation is 1. The van der Waals surface area contributed by atoms with Crippen molar-refractivity contribution in [2.24, 2.45) is 0 Å². The Labute approximate surface area is 131 Å². The van der Waals surface area contributed by atoms with E-state index in [0.717, 1.165) is 21.4 Å². The molecule has 4 nitrogen and oxygen atoms in total. The number of nitrogens with zero attached hydrogens (tertiary/aromatic N) is 3. The fraction of sp³-hybridized carbons (Fsp3) is 0.133. The Balaban J connectivity index is 1.98. The van der Waals surface area contributed by atoms with E-state index in [1.54, 1.807) is 6.20 Å². The van der Waals surface area contributed by atoms with Crippen LogP contribution >= 0.6 is 22.9 Å². The molecule has 2 aromatic heterocycles. The maximum Gasteiger partial charge on any atom is 0.206 e. The third-order valence-electron chi connectivity index (χ3n) is 2.96. The first-order valence-electron chi connectivity index (χ1n) is 6.45. The molecular weight excluding hydrogens is 304 g/mol. The molecule has 0 radical (unpaired) electrons. The first-order chi connectivity index (χ1) is 10.2. The van der Waals surface area contributed by atoms with E-state index in [9.17, 15) is 0 Å². The second-order valence-electron chi connectivity index (χ2n) is 4.51. The number of benzene rings is 1. The molecule has 1 aromatic carbocycles. The third kappa shape index (κ3) is 3.37. The summed E-state index contributed by atoms with van der Waals surface area (Å²) in [7, 11) is 0. The second-order valence-corrected chi connectivity index (χ2v) is 6.13. The molecule has 0 saturated carbocycles. The molecule has 1 atom stereocenters. The van der Waals surface area contributed by atoms with Gasteiger partial charge in [-0.1, -0.05) is 41.1 Å². The molecule has 3 rings (SSSR count). The van der Waals surface area contributed by atoms with E-state index in [0.29, 0.717) is 5.02 Å². The lowest BCUT2D eigenvalue weighted by molar-refractivity contribution is 0.876. The maximum absolute atomic E-state index is 6.11. The zero-order valence-electron chi connectivity index (χ0n) is 11.3. The van der Waals surface area contributed by atoms with E-state index < -0.39 is 0 Å². The Morgan fingerprint density at radius 2 is 2.05 bits per heavy atom. The van der Waals surface area contributed by atoms with E-state index in [-0.39, 0.29) is 6.04 Å². The van der Waals surface area contributed by atoms with Crippen molar-refractivity contribution >= 4 is 28.1 Å². The van der Waals surface area contributed by atoms with Gasteiger partial charge in [0.2, 0.25) is 5.13 Å². The molecule has 21 heavy (non-hydrogen) atoms. The van der Waals surface area contributed by atoms with Gasteiger partial charge in [-0.3, -0.25) is 4.98 Å². The van der Waals surface area contributed by atoms with Crippen LogP contribution in [-0.4, -0.2) is 15.2 Å². The summed E-state index contributed by atoms with van der Waals surface area (Å²) >= 11 is 7.63. The van der Waals surface area contributed by atoms with Crippen LogP contribution in [0.4, 0.5) is 5.13 Å². The molecule has 3 aromatic rings. The van der Waals surface area contributed by atoms with Gasteiger partial charge in [0.15, 0.2) is 0 Å². The maximum atomic E-state index is 6.11. The highest BCUT2D eigenvalue weighted by Crippen LogP contribution is 2.28. The number of anilines is 1. The Morgan fingerprint density at radius 3 is 2.71 bits per heavy atom. The Bertz CT molecular complexity index is 729. The van der Waals surface area contributed by atoms with Crippen molar-refractivity contribution < 1.29 is 0 Å². The topological polar surface area (TPSA) is 50.7 Å². The zero-order valence-corrected chi connectivity index (χ0v) is 12.9. The molecule has 0 spiro atoms. The summed E-state index contributed by atoms with van der Waals surface area (Å²) in [4.78, 5) is 4.44. The minimum absolute atomic E-state index is 0.114. The Kier molecular flexibility index (Phi) is 4.13. The largest absolute Gasteiger partial charge is 0.348 e. The Morgan fingerprint density at radius 1 is 1.14 bits per heavy atom. The summed E-state index contributed by atoms with van der Waals surface area (Å²) in [6.45, 7) is 1.93. The normalized spacial score (nSPS) is 12.1. The highest BCUT2D eigenvalue weighted by molar-refractivity contribution is 7.15. The summed E-state index contributed by atoms with van der Waals surface area (Å²) in [6, 6.07) is 13.5. The van der Waals surface area contributed by atoms with Crippen molar-refractivity contribution in [2.75, 3.05) is 5.32 Å². The van der Waals surface area contributed by atoms with Gasteiger partial charge in [0.05, 0.1) is 11.7 Å². The molecule has 1 N–H and O–H groups in total. The monoisotopic (exact) mass is 316 g/mol. The van der Waals surface area contributed by atoms with Crippen LogP contribution in [0, 0.1) is 6.92 Å². The van der Waals surface area contributed by atoms with Crippen LogP contribution in [0.25, 0.3) is 0 Å². The van der Waals surface area contributed by atoms with E-state index in [2.05, 4.69) is 20.5 Å². The van der Waals surface area contributed by atoms with Crippen LogP contribution in [0.5, 0.6) is 0 Å². The minimum Gasteiger partial charge on any atom is -0.348 e. The average Bonchev–Trinajstić information content (AvgIpc) is 2.91. The van der Waals surface area contributed by atoms with Crippen LogP contribution in [-0.2, 0) is 0 Å². The highest BCUT2D eigenvalue weighted by Gasteiger charge is 2.17. The Hall–Kier alpha value is -1.98. The van der Waals surface area contributed by atoms with Crippen molar-refractivity contribution in [3.8, 4) is 0 Å². The summed E-state index contributed by atoms with van der Waals surface area (Å²) in [5.41, 5.74) is 1.95. The van der Waals surface area contributed by atoms with Crippen molar-refractivity contribution in [1.82, 2.24) is 15.2 Å². The lowest BCUT2D eigenvalue weighted by atomic mass is 10.0. The molecule has 1 unspecified atom stereocenters. The van der Waals surface area contributed by atoms with Crippen LogP contribution in [0.3, 0.4) is 0 Å². The summed E-state index contributed by atoms with van der Waals surface area (Å²) in [5.74, 6) is 0. The molecule has 106 valence electrons. The molecular formula is C15H13ClN4S. The third-order valence-corrected chi connectivity index (χ3v) is 3.96. The second kappa shape index (κ2) is 6.20. The number of aromatic nitrogens is 3. The van der Waals surface area contributed by atoms with Gasteiger partial charge in [-0.2, -0.15) is 0 Å². The van der Waals surface area contributed by atoms with E-state index >= 15 is 0 Å². The van der Waals surface area contributed by atoms with Crippen LogP contribution in [0.1, 0.15) is 22.3 Å². The number of nitrogens with one attached hydrogen (secondary N) is 1. The lowest BCUT2D eigenvalue weighted by Gasteiger charge is -2.18. The molecule has 0 amide bonds. The molecule has 0 fully saturated rings. The molecule has 0 aliphatic heterocycles. The van der Waals surface area contributed by atoms with Gasteiger partial charge in [0.1, 0.15) is 5.01 Å². The SMILES string of the molecule is Cc1nnc(NC(c2cccc(Cl)c2)c2ccccn2)s1. The fourth-order valence-corrected chi connectivity index (χ4v) is 2.86. The number of hydrogen-bond acceptors (Lipinski definition) is 5.